The van der Waals surface area contributed by atoms with Crippen molar-refractivity contribution in [3.8, 4) is 34.4 Å². The highest BCUT2D eigenvalue weighted by molar-refractivity contribution is 7.92. The quantitative estimate of drug-likeness (QED) is 0.228. The molecule has 1 aliphatic heterocycles. The maximum absolute atomic E-state index is 13.9. The Balaban J connectivity index is 1.43. The monoisotopic (exact) mass is 647 g/mol. The van der Waals surface area contributed by atoms with Gasteiger partial charge < -0.3 is 0 Å². The van der Waals surface area contributed by atoms with Crippen LogP contribution in [0.15, 0.2) is 138 Å². The number of rotatable bonds is 4. The van der Waals surface area contributed by atoms with E-state index >= 15 is 0 Å². The van der Waals surface area contributed by atoms with E-state index in [4.69, 9.17) is 0 Å². The van der Waals surface area contributed by atoms with Crippen molar-refractivity contribution in [3.05, 3.63) is 120 Å². The molecule has 45 heavy (non-hydrogen) atoms. The van der Waals surface area contributed by atoms with Gasteiger partial charge >= 0.3 is 0 Å². The van der Waals surface area contributed by atoms with Crippen LogP contribution in [-0.2, 0) is 29.5 Å². The molecular formula is C33H17N3O6S3. The minimum atomic E-state index is -4.23. The van der Waals surface area contributed by atoms with Crippen molar-refractivity contribution in [1.82, 2.24) is 4.98 Å². The summed E-state index contributed by atoms with van der Waals surface area (Å²) in [6.45, 7) is 0. The van der Waals surface area contributed by atoms with Gasteiger partial charge in [0.15, 0.2) is 5.03 Å². The molecule has 12 heteroatoms. The molecule has 5 aromatic rings. The van der Waals surface area contributed by atoms with Crippen LogP contribution in [0.3, 0.4) is 0 Å². The average molecular weight is 648 g/mol. The normalized spacial score (nSPS) is 14.0. The Kier molecular flexibility index (Phi) is 6.18. The molecule has 1 aromatic heterocycles. The van der Waals surface area contributed by atoms with E-state index in [0.717, 1.165) is 6.07 Å². The zero-order chi connectivity index (χ0) is 31.7. The van der Waals surface area contributed by atoms with Gasteiger partial charge in [-0.05, 0) is 82.9 Å². The third kappa shape index (κ3) is 4.08. The third-order valence-electron chi connectivity index (χ3n) is 7.82. The first-order valence-corrected chi connectivity index (χ1v) is 17.7. The number of nitriles is 2. The molecule has 9 nitrogen and oxygen atoms in total. The van der Waals surface area contributed by atoms with E-state index < -0.39 is 29.5 Å². The number of hydrogen-bond donors (Lipinski definition) is 0. The summed E-state index contributed by atoms with van der Waals surface area (Å²) in [5, 5.41) is 19.5. The van der Waals surface area contributed by atoms with Crippen molar-refractivity contribution in [1.29, 1.82) is 10.5 Å². The second kappa shape index (κ2) is 9.81. The van der Waals surface area contributed by atoms with Crippen molar-refractivity contribution in [2.75, 3.05) is 0 Å². The molecule has 0 bridgehead atoms. The molecule has 0 unspecified atom stereocenters. The van der Waals surface area contributed by atoms with Crippen LogP contribution in [0, 0.1) is 22.7 Å². The zero-order valence-electron chi connectivity index (χ0n) is 22.8. The molecule has 0 amide bonds. The van der Waals surface area contributed by atoms with Crippen LogP contribution in [0.1, 0.15) is 11.1 Å². The summed E-state index contributed by atoms with van der Waals surface area (Å²) in [4.78, 5) is 3.39. The van der Waals surface area contributed by atoms with Crippen LogP contribution in [-0.4, -0.2) is 30.2 Å². The van der Waals surface area contributed by atoms with Crippen LogP contribution in [0.2, 0.25) is 0 Å². The predicted octanol–water partition coefficient (Wildman–Crippen LogP) is 5.39. The molecule has 0 saturated heterocycles. The van der Waals surface area contributed by atoms with Gasteiger partial charge in [0.05, 0.1) is 24.5 Å². The Morgan fingerprint density at radius 2 is 1.20 bits per heavy atom. The van der Waals surface area contributed by atoms with Crippen molar-refractivity contribution in [2.24, 2.45) is 0 Å². The summed E-state index contributed by atoms with van der Waals surface area (Å²) in [6.07, 6.45) is 1.35. The van der Waals surface area contributed by atoms with Gasteiger partial charge in [-0.3, -0.25) is 0 Å². The fraction of sp³-hybridized carbons (Fsp3) is 0. The van der Waals surface area contributed by atoms with Gasteiger partial charge in [-0.25, -0.2) is 30.2 Å². The van der Waals surface area contributed by atoms with E-state index in [1.807, 2.05) is 12.1 Å². The molecule has 0 saturated carbocycles. The maximum Gasteiger partial charge on any atom is 0.223 e. The van der Waals surface area contributed by atoms with E-state index in [-0.39, 0.29) is 51.8 Å². The van der Waals surface area contributed by atoms with Gasteiger partial charge in [0.2, 0.25) is 29.5 Å². The molecule has 0 spiro atoms. The molecular weight excluding hydrogens is 631 g/mol. The lowest BCUT2D eigenvalue weighted by atomic mass is 9.96. The molecule has 2 heterocycles. The molecule has 0 radical (unpaired) electrons. The molecule has 0 atom stereocenters. The largest absolute Gasteiger partial charge is 0.244 e. The summed E-state index contributed by atoms with van der Waals surface area (Å²) in [7, 11) is -12.3. The highest BCUT2D eigenvalue weighted by atomic mass is 32.2. The van der Waals surface area contributed by atoms with Crippen molar-refractivity contribution in [2.45, 2.75) is 29.5 Å². The molecule has 2 aliphatic rings. The minimum Gasteiger partial charge on any atom is -0.244 e. The molecule has 1 aliphatic carbocycles. The second-order valence-electron chi connectivity index (χ2n) is 10.2. The fourth-order valence-electron chi connectivity index (χ4n) is 5.72. The number of fused-ring (bicyclic) bond motifs is 6. The lowest BCUT2D eigenvalue weighted by Gasteiger charge is -2.08. The number of hydrogen-bond acceptors (Lipinski definition) is 9. The van der Waals surface area contributed by atoms with Crippen molar-refractivity contribution < 1.29 is 25.3 Å². The first-order chi connectivity index (χ1) is 21.5. The van der Waals surface area contributed by atoms with Gasteiger partial charge in [-0.1, -0.05) is 36.4 Å². The Morgan fingerprint density at radius 3 is 1.87 bits per heavy atom. The number of sulfone groups is 3. The Labute approximate surface area is 258 Å². The van der Waals surface area contributed by atoms with Crippen molar-refractivity contribution >= 4 is 35.1 Å². The number of allylic oxidation sites excluding steroid dienone is 1. The fourth-order valence-corrected chi connectivity index (χ4v) is 10.0. The molecule has 4 aromatic carbocycles. The first kappa shape index (κ1) is 28.4. The van der Waals surface area contributed by atoms with E-state index in [0.29, 0.717) is 22.3 Å². The van der Waals surface area contributed by atoms with Gasteiger partial charge in [0, 0.05) is 22.9 Å². The van der Waals surface area contributed by atoms with Crippen LogP contribution >= 0.6 is 0 Å². The standard InChI is InChI=1S/C33H17N3O6S3/c34-18-20(19-35)33-28-14-22(44(39,40)32-8-4-5-13-36-32)9-11-24(28)26-16-27-25-12-10-23(43(37,38)21-6-2-1-3-7-21)15-30(25)45(41,42)31(27)17-29(26)33/h1-17H. The lowest BCUT2D eigenvalue weighted by molar-refractivity contribution is 0.591. The number of benzene rings is 4. The van der Waals surface area contributed by atoms with E-state index in [1.165, 1.54) is 60.8 Å². The molecule has 0 fully saturated rings. The van der Waals surface area contributed by atoms with E-state index in [9.17, 15) is 35.8 Å². The van der Waals surface area contributed by atoms with Crippen LogP contribution in [0.4, 0.5) is 0 Å². The SMILES string of the molecule is N#CC(C#N)=C1c2cc(S(=O)(=O)c3ccccn3)ccc2-c2cc3c(cc21)S(=O)(=O)c1cc(S(=O)(=O)c2ccccc2)ccc1-3. The van der Waals surface area contributed by atoms with Gasteiger partial charge in [0.1, 0.15) is 17.7 Å². The van der Waals surface area contributed by atoms with Gasteiger partial charge in [-0.2, -0.15) is 10.5 Å². The Morgan fingerprint density at radius 1 is 0.578 bits per heavy atom. The van der Waals surface area contributed by atoms with Gasteiger partial charge in [0.25, 0.3) is 0 Å². The highest BCUT2D eigenvalue weighted by Gasteiger charge is 2.38. The highest BCUT2D eigenvalue weighted by Crippen LogP contribution is 2.53. The predicted molar refractivity (Wildman–Crippen MR) is 162 cm³/mol. The second-order valence-corrected chi connectivity index (χ2v) is 16.0. The van der Waals surface area contributed by atoms with E-state index in [2.05, 4.69) is 4.98 Å². The molecule has 7 rings (SSSR count). The van der Waals surface area contributed by atoms with Crippen molar-refractivity contribution in [3.63, 3.8) is 0 Å². The summed E-state index contributed by atoms with van der Waals surface area (Å²) in [5.41, 5.74) is 1.94. The molecule has 218 valence electrons. The summed E-state index contributed by atoms with van der Waals surface area (Å²) in [6, 6.07) is 27.1. The van der Waals surface area contributed by atoms with Crippen LogP contribution in [0.25, 0.3) is 27.8 Å². The number of aromatic nitrogens is 1. The average Bonchev–Trinajstić information content (AvgIpc) is 3.49. The summed E-state index contributed by atoms with van der Waals surface area (Å²) < 4.78 is 81.1. The van der Waals surface area contributed by atoms with Crippen LogP contribution < -0.4 is 0 Å². The third-order valence-corrected chi connectivity index (χ3v) is 13.1. The van der Waals surface area contributed by atoms with Crippen LogP contribution in [0.5, 0.6) is 0 Å². The topological polar surface area (TPSA) is 163 Å². The van der Waals surface area contributed by atoms with Gasteiger partial charge in [-0.15, -0.1) is 0 Å². The minimum absolute atomic E-state index is 0.0215. The molecule has 0 N–H and O–H groups in total. The number of nitrogens with zero attached hydrogens (tertiary/aromatic N) is 3. The smallest absolute Gasteiger partial charge is 0.223 e. The number of pyridine rings is 1. The lowest BCUT2D eigenvalue weighted by Crippen LogP contribution is -2.04. The Hall–Kier alpha value is -5.40. The zero-order valence-corrected chi connectivity index (χ0v) is 25.3. The summed E-state index contributed by atoms with van der Waals surface area (Å²) in [5.74, 6) is 0. The first-order valence-electron chi connectivity index (χ1n) is 13.2. The Bertz CT molecular complexity index is 2570. The maximum atomic E-state index is 13.9. The summed E-state index contributed by atoms with van der Waals surface area (Å²) >= 11 is 0. The van der Waals surface area contributed by atoms with E-state index in [1.54, 1.807) is 36.4 Å².